The molecule has 0 aliphatic carbocycles. The number of H-pyrrole nitrogens is 1. The number of aromatic nitrogens is 1. The average Bonchev–Trinajstić information content (AvgIpc) is 3.08. The third kappa shape index (κ3) is 3.92. The lowest BCUT2D eigenvalue weighted by Crippen LogP contribution is -2.38. The number of nitrogens with zero attached hydrogens (tertiary/aromatic N) is 2. The van der Waals surface area contributed by atoms with Crippen LogP contribution in [0.1, 0.15) is 22.3 Å². The van der Waals surface area contributed by atoms with E-state index in [4.69, 9.17) is 9.47 Å². The smallest absolute Gasteiger partial charge is 0.254 e. The molecular weight excluding hydrogens is 346 g/mol. The van der Waals surface area contributed by atoms with Crippen LogP contribution < -0.4 is 9.47 Å². The molecule has 1 saturated heterocycles. The summed E-state index contributed by atoms with van der Waals surface area (Å²) in [5.74, 6) is 1.36. The molecule has 3 heterocycles. The fraction of sp³-hybridized carbons (Fsp3) is 0.400. The van der Waals surface area contributed by atoms with Gasteiger partial charge in [0.2, 0.25) is 5.91 Å². The fourth-order valence-corrected chi connectivity index (χ4v) is 3.48. The number of carbonyl (C=O) groups is 2. The first-order valence-electron chi connectivity index (χ1n) is 9.29. The van der Waals surface area contributed by atoms with Crippen molar-refractivity contribution in [3.05, 3.63) is 47.8 Å². The maximum Gasteiger partial charge on any atom is 0.254 e. The minimum Gasteiger partial charge on any atom is -0.486 e. The van der Waals surface area contributed by atoms with E-state index in [1.165, 1.54) is 0 Å². The monoisotopic (exact) mass is 369 g/mol. The Bertz CT molecular complexity index is 819. The van der Waals surface area contributed by atoms with E-state index in [9.17, 15) is 9.59 Å². The van der Waals surface area contributed by atoms with E-state index >= 15 is 0 Å². The zero-order valence-electron chi connectivity index (χ0n) is 15.1. The highest BCUT2D eigenvalue weighted by atomic mass is 16.6. The van der Waals surface area contributed by atoms with Crippen LogP contribution in [0, 0.1) is 0 Å². The van der Waals surface area contributed by atoms with E-state index < -0.39 is 0 Å². The number of hydrogen-bond acceptors (Lipinski definition) is 4. The van der Waals surface area contributed by atoms with Crippen molar-refractivity contribution in [3.63, 3.8) is 0 Å². The van der Waals surface area contributed by atoms with Crippen LogP contribution in [-0.2, 0) is 11.2 Å². The quantitative estimate of drug-likeness (QED) is 0.894. The third-order valence-electron chi connectivity index (χ3n) is 4.94. The SMILES string of the molecule is O=C(Cc1cc[nH]c1)N1CCCN(C(=O)c2ccc3c(c2)OCCO3)CC1. The van der Waals surface area contributed by atoms with Crippen LogP contribution >= 0.6 is 0 Å². The van der Waals surface area contributed by atoms with Crippen molar-refractivity contribution >= 4 is 11.8 Å². The topological polar surface area (TPSA) is 74.9 Å². The molecule has 2 aliphatic heterocycles. The lowest BCUT2D eigenvalue weighted by atomic mass is 10.1. The predicted molar refractivity (Wildman–Crippen MR) is 99.0 cm³/mol. The van der Waals surface area contributed by atoms with Gasteiger partial charge in [-0.3, -0.25) is 9.59 Å². The third-order valence-corrected chi connectivity index (χ3v) is 4.94. The molecule has 0 bridgehead atoms. The first-order chi connectivity index (χ1) is 13.2. The lowest BCUT2D eigenvalue weighted by Gasteiger charge is -2.23. The molecule has 142 valence electrons. The fourth-order valence-electron chi connectivity index (χ4n) is 3.48. The van der Waals surface area contributed by atoms with E-state index in [1.54, 1.807) is 18.2 Å². The van der Waals surface area contributed by atoms with Gasteiger partial charge in [0.25, 0.3) is 5.91 Å². The molecule has 7 nitrogen and oxygen atoms in total. The molecule has 1 aromatic carbocycles. The minimum absolute atomic E-state index is 0.0353. The van der Waals surface area contributed by atoms with Crippen molar-refractivity contribution < 1.29 is 19.1 Å². The van der Waals surface area contributed by atoms with Crippen molar-refractivity contribution in [3.8, 4) is 11.5 Å². The maximum absolute atomic E-state index is 12.9. The minimum atomic E-state index is -0.0353. The highest BCUT2D eigenvalue weighted by Crippen LogP contribution is 2.31. The summed E-state index contributed by atoms with van der Waals surface area (Å²) in [7, 11) is 0. The van der Waals surface area contributed by atoms with Crippen LogP contribution in [0.25, 0.3) is 0 Å². The van der Waals surface area contributed by atoms with Crippen molar-refractivity contribution in [1.82, 2.24) is 14.8 Å². The Morgan fingerprint density at radius 2 is 1.74 bits per heavy atom. The summed E-state index contributed by atoms with van der Waals surface area (Å²) in [5.41, 5.74) is 1.57. The molecule has 1 N–H and O–H groups in total. The van der Waals surface area contributed by atoms with Crippen LogP contribution in [0.5, 0.6) is 11.5 Å². The maximum atomic E-state index is 12.9. The van der Waals surface area contributed by atoms with E-state index in [2.05, 4.69) is 4.98 Å². The number of amides is 2. The van der Waals surface area contributed by atoms with Crippen LogP contribution in [-0.4, -0.2) is 66.0 Å². The standard InChI is InChI=1S/C20H23N3O4/c24-19(12-15-4-5-21-14-15)22-6-1-7-23(9-8-22)20(25)16-2-3-17-18(13-16)27-11-10-26-17/h2-5,13-14,21H,1,6-12H2. The molecule has 0 spiro atoms. The second kappa shape index (κ2) is 7.73. The Morgan fingerprint density at radius 3 is 2.56 bits per heavy atom. The van der Waals surface area contributed by atoms with E-state index in [0.29, 0.717) is 62.9 Å². The first kappa shape index (κ1) is 17.5. The first-order valence-corrected chi connectivity index (χ1v) is 9.29. The molecule has 0 radical (unpaired) electrons. The second-order valence-corrected chi connectivity index (χ2v) is 6.78. The Balaban J connectivity index is 1.39. The van der Waals surface area contributed by atoms with Crippen molar-refractivity contribution in [2.75, 3.05) is 39.4 Å². The van der Waals surface area contributed by atoms with Crippen molar-refractivity contribution in [1.29, 1.82) is 0 Å². The molecule has 0 saturated carbocycles. The van der Waals surface area contributed by atoms with Crippen molar-refractivity contribution in [2.24, 2.45) is 0 Å². The highest BCUT2D eigenvalue weighted by Gasteiger charge is 2.24. The number of nitrogens with one attached hydrogen (secondary N) is 1. The van der Waals surface area contributed by atoms with Crippen LogP contribution in [0.15, 0.2) is 36.7 Å². The molecule has 1 fully saturated rings. The Kier molecular flexibility index (Phi) is 5.00. The molecule has 2 aromatic rings. The van der Waals surface area contributed by atoms with Gasteiger partial charge in [0, 0.05) is 44.1 Å². The Labute approximate surface area is 157 Å². The second-order valence-electron chi connectivity index (χ2n) is 6.78. The number of rotatable bonds is 3. The molecule has 0 unspecified atom stereocenters. The van der Waals surface area contributed by atoms with E-state index in [0.717, 1.165) is 12.0 Å². The number of carbonyl (C=O) groups excluding carboxylic acids is 2. The molecule has 0 atom stereocenters. The average molecular weight is 369 g/mol. The normalized spacial score (nSPS) is 16.7. The van der Waals surface area contributed by atoms with Crippen LogP contribution in [0.2, 0.25) is 0 Å². The summed E-state index contributed by atoms with van der Waals surface area (Å²) in [6.07, 6.45) is 4.82. The van der Waals surface area contributed by atoms with Crippen LogP contribution in [0.4, 0.5) is 0 Å². The van der Waals surface area contributed by atoms with Crippen molar-refractivity contribution in [2.45, 2.75) is 12.8 Å². The molecule has 2 amide bonds. The highest BCUT2D eigenvalue weighted by molar-refractivity contribution is 5.95. The van der Waals surface area contributed by atoms with E-state index in [1.807, 2.05) is 28.3 Å². The lowest BCUT2D eigenvalue weighted by molar-refractivity contribution is -0.130. The van der Waals surface area contributed by atoms with Gasteiger partial charge in [-0.15, -0.1) is 0 Å². The number of benzene rings is 1. The van der Waals surface area contributed by atoms with E-state index in [-0.39, 0.29) is 11.8 Å². The molecule has 27 heavy (non-hydrogen) atoms. The van der Waals surface area contributed by atoms with Gasteiger partial charge in [0.1, 0.15) is 13.2 Å². The summed E-state index contributed by atoms with van der Waals surface area (Å²) >= 11 is 0. The molecule has 2 aliphatic rings. The van der Waals surface area contributed by atoms with Gasteiger partial charge in [-0.1, -0.05) is 0 Å². The summed E-state index contributed by atoms with van der Waals surface area (Å²) in [6.45, 7) is 3.42. The molecule has 7 heteroatoms. The van der Waals surface area contributed by atoms with Gasteiger partial charge < -0.3 is 24.3 Å². The Hall–Kier alpha value is -2.96. The number of aromatic amines is 1. The number of hydrogen-bond donors (Lipinski definition) is 1. The van der Waals surface area contributed by atoms with Gasteiger partial charge in [0.05, 0.1) is 6.42 Å². The Morgan fingerprint density at radius 1 is 0.963 bits per heavy atom. The molecular formula is C20H23N3O4. The van der Waals surface area contributed by atoms with Crippen LogP contribution in [0.3, 0.4) is 0 Å². The summed E-state index contributed by atoms with van der Waals surface area (Å²) in [5, 5.41) is 0. The van der Waals surface area contributed by atoms with Gasteiger partial charge in [0.15, 0.2) is 11.5 Å². The largest absolute Gasteiger partial charge is 0.486 e. The summed E-state index contributed by atoms with van der Waals surface area (Å²) in [6, 6.07) is 7.21. The summed E-state index contributed by atoms with van der Waals surface area (Å²) in [4.78, 5) is 32.0. The molecule has 4 rings (SSSR count). The zero-order chi connectivity index (χ0) is 18.6. The van der Waals surface area contributed by atoms with Gasteiger partial charge in [-0.25, -0.2) is 0 Å². The van der Waals surface area contributed by atoms with Gasteiger partial charge >= 0.3 is 0 Å². The predicted octanol–water partition coefficient (Wildman–Crippen LogP) is 1.70. The number of fused-ring (bicyclic) bond motifs is 1. The zero-order valence-corrected chi connectivity index (χ0v) is 15.1. The summed E-state index contributed by atoms with van der Waals surface area (Å²) < 4.78 is 11.1. The molecule has 1 aromatic heterocycles. The number of ether oxygens (including phenoxy) is 2. The van der Waals surface area contributed by atoms with Gasteiger partial charge in [-0.2, -0.15) is 0 Å². The van der Waals surface area contributed by atoms with Gasteiger partial charge in [-0.05, 0) is 36.2 Å².